The van der Waals surface area contributed by atoms with Crippen molar-refractivity contribution >= 4 is 17.5 Å². The summed E-state index contributed by atoms with van der Waals surface area (Å²) in [6, 6.07) is 13.0. The zero-order valence-electron chi connectivity index (χ0n) is 17.9. The van der Waals surface area contributed by atoms with Crippen LogP contribution in [0.2, 0.25) is 5.02 Å². The van der Waals surface area contributed by atoms with Gasteiger partial charge in [0, 0.05) is 5.02 Å². The van der Waals surface area contributed by atoms with Gasteiger partial charge in [-0.25, -0.2) is 4.68 Å². The van der Waals surface area contributed by atoms with Gasteiger partial charge in [0.25, 0.3) is 0 Å². The molecule has 0 radical (unpaired) electrons. The van der Waals surface area contributed by atoms with Crippen LogP contribution in [0.3, 0.4) is 0 Å². The van der Waals surface area contributed by atoms with Crippen molar-refractivity contribution in [1.29, 1.82) is 0 Å². The summed E-state index contributed by atoms with van der Waals surface area (Å²) >= 11 is 6.00. The number of benzene rings is 2. The number of amides is 1. The second-order valence-corrected chi connectivity index (χ2v) is 8.67. The predicted octanol–water partition coefficient (Wildman–Crippen LogP) is 4.81. The molecule has 2 atom stereocenters. The second-order valence-electron chi connectivity index (χ2n) is 8.23. The molecule has 0 saturated heterocycles. The number of fused-ring (bicyclic) bond motifs is 1. The van der Waals surface area contributed by atoms with E-state index in [9.17, 15) is 23.1 Å². The minimum atomic E-state index is -4.63. The van der Waals surface area contributed by atoms with Gasteiger partial charge in [0.15, 0.2) is 5.69 Å². The molecule has 0 spiro atoms. The average Bonchev–Trinajstić information content (AvgIpc) is 3.21. The Bertz CT molecular complexity index is 1180. The number of alkyl halides is 3. The van der Waals surface area contributed by atoms with Gasteiger partial charge in [-0.15, -0.1) is 0 Å². The Morgan fingerprint density at radius 1 is 1.27 bits per heavy atom. The van der Waals surface area contributed by atoms with E-state index in [1.807, 2.05) is 18.2 Å². The van der Waals surface area contributed by atoms with E-state index in [1.54, 1.807) is 25.1 Å². The van der Waals surface area contributed by atoms with Gasteiger partial charge in [0.05, 0.1) is 29.9 Å². The number of aryl methyl sites for hydroxylation is 1. The van der Waals surface area contributed by atoms with E-state index in [-0.39, 0.29) is 18.1 Å². The first-order valence-corrected chi connectivity index (χ1v) is 11.0. The first kappa shape index (κ1) is 23.3. The van der Waals surface area contributed by atoms with E-state index in [2.05, 4.69) is 10.4 Å². The number of nitrogens with one attached hydrogen (secondary N) is 1. The molecule has 1 aliphatic carbocycles. The van der Waals surface area contributed by atoms with Crippen LogP contribution in [-0.2, 0) is 30.4 Å². The van der Waals surface area contributed by atoms with E-state index in [1.165, 1.54) is 6.07 Å². The molecule has 2 aromatic carbocycles. The van der Waals surface area contributed by atoms with Crippen LogP contribution in [0.5, 0.6) is 0 Å². The topological polar surface area (TPSA) is 67.2 Å². The van der Waals surface area contributed by atoms with E-state index >= 15 is 0 Å². The SMILES string of the molecule is CC(C(=O)NCc1cc(C(F)(F)F)nn1-c1cccc(Cl)c1)c1cccc2c1CC(O)CC2. The van der Waals surface area contributed by atoms with Gasteiger partial charge in [-0.05, 0) is 67.1 Å². The quantitative estimate of drug-likeness (QED) is 0.554. The van der Waals surface area contributed by atoms with Crippen molar-refractivity contribution in [3.8, 4) is 5.69 Å². The number of hydrogen-bond donors (Lipinski definition) is 2. The molecule has 1 aliphatic rings. The van der Waals surface area contributed by atoms with Crippen molar-refractivity contribution in [2.24, 2.45) is 0 Å². The lowest BCUT2D eigenvalue weighted by Gasteiger charge is -2.25. The fourth-order valence-corrected chi connectivity index (χ4v) is 4.38. The maximum atomic E-state index is 13.3. The first-order valence-electron chi connectivity index (χ1n) is 10.6. The lowest BCUT2D eigenvalue weighted by atomic mass is 9.83. The number of halogens is 4. The van der Waals surface area contributed by atoms with Crippen LogP contribution >= 0.6 is 11.6 Å². The number of hydrogen-bond acceptors (Lipinski definition) is 3. The standard InChI is InChI=1S/C24H23ClF3N3O2/c1-14(20-7-2-4-15-8-9-19(32)12-21(15)20)23(33)29-13-18-11-22(24(26,27)28)30-31(18)17-6-3-5-16(25)10-17/h2-7,10-11,14,19,32H,8-9,12-13H2,1H3,(H,29,33). The molecule has 174 valence electrons. The third kappa shape index (κ3) is 5.07. The van der Waals surface area contributed by atoms with E-state index < -0.39 is 23.9 Å². The normalized spacial score (nSPS) is 16.8. The van der Waals surface area contributed by atoms with Crippen molar-refractivity contribution in [2.75, 3.05) is 0 Å². The highest BCUT2D eigenvalue weighted by Crippen LogP contribution is 2.31. The van der Waals surface area contributed by atoms with Crippen molar-refractivity contribution in [3.05, 3.63) is 81.6 Å². The van der Waals surface area contributed by atoms with Crippen LogP contribution in [0, 0.1) is 0 Å². The monoisotopic (exact) mass is 477 g/mol. The summed E-state index contributed by atoms with van der Waals surface area (Å²) in [7, 11) is 0. The number of nitrogens with zero attached hydrogens (tertiary/aromatic N) is 2. The molecule has 5 nitrogen and oxygen atoms in total. The van der Waals surface area contributed by atoms with E-state index in [4.69, 9.17) is 11.6 Å². The summed E-state index contributed by atoms with van der Waals surface area (Å²) in [6.45, 7) is 1.61. The molecule has 9 heteroatoms. The summed E-state index contributed by atoms with van der Waals surface area (Å²) in [5.74, 6) is -0.856. The molecule has 2 N–H and O–H groups in total. The molecule has 0 fully saturated rings. The molecule has 1 heterocycles. The number of carbonyl (C=O) groups excluding carboxylic acids is 1. The van der Waals surface area contributed by atoms with Gasteiger partial charge < -0.3 is 10.4 Å². The van der Waals surface area contributed by atoms with Crippen LogP contribution in [0.25, 0.3) is 5.69 Å². The highest BCUT2D eigenvalue weighted by Gasteiger charge is 2.35. The summed E-state index contributed by atoms with van der Waals surface area (Å²) in [5, 5.41) is 16.9. The average molecular weight is 478 g/mol. The lowest BCUT2D eigenvalue weighted by molar-refractivity contribution is -0.141. The second kappa shape index (κ2) is 9.19. The van der Waals surface area contributed by atoms with Crippen molar-refractivity contribution in [3.63, 3.8) is 0 Å². The Morgan fingerprint density at radius 3 is 2.76 bits per heavy atom. The van der Waals surface area contributed by atoms with E-state index in [0.717, 1.165) is 33.9 Å². The molecule has 0 aliphatic heterocycles. The van der Waals surface area contributed by atoms with Gasteiger partial charge in [-0.1, -0.05) is 35.9 Å². The van der Waals surface area contributed by atoms with Crippen molar-refractivity contribution in [1.82, 2.24) is 15.1 Å². The van der Waals surface area contributed by atoms with Gasteiger partial charge in [0.2, 0.25) is 5.91 Å². The Morgan fingerprint density at radius 2 is 2.03 bits per heavy atom. The lowest BCUT2D eigenvalue weighted by Crippen LogP contribution is -2.30. The summed E-state index contributed by atoms with van der Waals surface area (Å²) in [4.78, 5) is 12.9. The molecule has 1 amide bonds. The van der Waals surface area contributed by atoms with Crippen molar-refractivity contribution in [2.45, 2.75) is 50.9 Å². The number of aromatic nitrogens is 2. The molecule has 3 aromatic rings. The molecule has 33 heavy (non-hydrogen) atoms. The summed E-state index contributed by atoms with van der Waals surface area (Å²) in [6.07, 6.45) is -3.15. The van der Waals surface area contributed by atoms with Gasteiger partial charge in [-0.3, -0.25) is 4.79 Å². The van der Waals surface area contributed by atoms with Crippen LogP contribution in [0.4, 0.5) is 13.2 Å². The predicted molar refractivity (Wildman–Crippen MR) is 118 cm³/mol. The van der Waals surface area contributed by atoms with Gasteiger partial charge in [-0.2, -0.15) is 18.3 Å². The molecule has 4 rings (SSSR count). The maximum absolute atomic E-state index is 13.3. The zero-order chi connectivity index (χ0) is 23.8. The number of aliphatic hydroxyl groups is 1. The van der Waals surface area contributed by atoms with Crippen molar-refractivity contribution < 1.29 is 23.1 Å². The highest BCUT2D eigenvalue weighted by atomic mass is 35.5. The zero-order valence-corrected chi connectivity index (χ0v) is 18.6. The third-order valence-corrected chi connectivity index (χ3v) is 6.16. The number of carbonyl (C=O) groups is 1. The molecule has 2 unspecified atom stereocenters. The fourth-order valence-electron chi connectivity index (χ4n) is 4.19. The highest BCUT2D eigenvalue weighted by molar-refractivity contribution is 6.30. The third-order valence-electron chi connectivity index (χ3n) is 5.93. The summed E-state index contributed by atoms with van der Waals surface area (Å²) < 4.78 is 41.1. The Labute approximate surface area is 194 Å². The smallest absolute Gasteiger partial charge is 0.393 e. The molecule has 1 aromatic heterocycles. The molecular formula is C24H23ClF3N3O2. The minimum Gasteiger partial charge on any atom is -0.393 e. The number of aliphatic hydroxyl groups excluding tert-OH is 1. The van der Waals surface area contributed by atoms with Crippen LogP contribution < -0.4 is 5.32 Å². The number of rotatable bonds is 5. The van der Waals surface area contributed by atoms with E-state index in [0.29, 0.717) is 23.6 Å². The summed E-state index contributed by atoms with van der Waals surface area (Å²) in [5.41, 5.74) is 2.40. The Hall–Kier alpha value is -2.84. The molecular weight excluding hydrogens is 455 g/mol. The van der Waals surface area contributed by atoms with Crippen LogP contribution in [0.15, 0.2) is 48.5 Å². The Kier molecular flexibility index (Phi) is 6.50. The van der Waals surface area contributed by atoms with Gasteiger partial charge >= 0.3 is 6.18 Å². The van der Waals surface area contributed by atoms with Crippen LogP contribution in [-0.4, -0.2) is 26.9 Å². The molecule has 0 saturated carbocycles. The van der Waals surface area contributed by atoms with Crippen LogP contribution in [0.1, 0.15) is 47.3 Å². The largest absolute Gasteiger partial charge is 0.435 e. The minimum absolute atomic E-state index is 0.142. The first-order chi connectivity index (χ1) is 15.6. The Balaban J connectivity index is 1.57. The fraction of sp³-hybridized carbons (Fsp3) is 0.333. The van der Waals surface area contributed by atoms with Gasteiger partial charge in [0.1, 0.15) is 0 Å². The maximum Gasteiger partial charge on any atom is 0.435 e. The molecule has 0 bridgehead atoms.